The largest absolute Gasteiger partial charge is 0.465 e. The molecule has 34 heavy (non-hydrogen) atoms. The Bertz CT molecular complexity index is 909. The van der Waals surface area contributed by atoms with Gasteiger partial charge in [0.15, 0.2) is 5.11 Å². The third-order valence-electron chi connectivity index (χ3n) is 9.48. The van der Waals surface area contributed by atoms with Crippen molar-refractivity contribution in [3.05, 3.63) is 16.0 Å². The summed E-state index contributed by atoms with van der Waals surface area (Å²) in [6.07, 6.45) is 14.3. The zero-order valence-corrected chi connectivity index (χ0v) is 22.2. The van der Waals surface area contributed by atoms with Crippen LogP contribution in [0.4, 0.5) is 5.00 Å². The Morgan fingerprint density at radius 3 is 2.24 bits per heavy atom. The summed E-state index contributed by atoms with van der Waals surface area (Å²) in [4.78, 5) is 19.2. The zero-order valence-electron chi connectivity index (χ0n) is 20.5. The molecule has 7 rings (SSSR count). The number of carbonyl (C=O) groups excluding carboxylic acids is 1. The summed E-state index contributed by atoms with van der Waals surface area (Å²) in [7, 11) is 1.49. The maximum Gasteiger partial charge on any atom is 0.341 e. The van der Waals surface area contributed by atoms with E-state index >= 15 is 0 Å². The lowest BCUT2D eigenvalue weighted by atomic mass is 9.54. The van der Waals surface area contributed by atoms with E-state index in [4.69, 9.17) is 17.0 Å². The number of esters is 1. The standard InChI is InChI=1S/C27H39N3O2S2/c1-32-26(31)23-21-6-4-2-3-5-7-22(21)34-25(23)28-27(33)30-10-8-29(9-11-30)24-19-13-17-12-18(15-19)16-20(24)14-17/h17-20,24H,2-16H2,1H3,(H,28,33). The summed E-state index contributed by atoms with van der Waals surface area (Å²) in [5.74, 6) is 3.73. The minimum Gasteiger partial charge on any atom is -0.465 e. The topological polar surface area (TPSA) is 44.8 Å². The molecule has 0 atom stereocenters. The van der Waals surface area contributed by atoms with Gasteiger partial charge in [-0.2, -0.15) is 0 Å². The number of hydrogen-bond donors (Lipinski definition) is 1. The molecule has 1 aromatic heterocycles. The van der Waals surface area contributed by atoms with Gasteiger partial charge in [0.1, 0.15) is 5.00 Å². The fourth-order valence-corrected chi connectivity index (χ4v) is 9.84. The lowest BCUT2D eigenvalue weighted by molar-refractivity contribution is -0.0726. The molecule has 4 bridgehead atoms. The number of aryl methyl sites for hydroxylation is 1. The number of thiocarbonyl (C=S) groups is 1. The maximum absolute atomic E-state index is 12.7. The number of fused-ring (bicyclic) bond motifs is 1. The van der Waals surface area contributed by atoms with Crippen LogP contribution in [0.15, 0.2) is 0 Å². The summed E-state index contributed by atoms with van der Waals surface area (Å²) in [5.41, 5.74) is 1.94. The molecule has 5 aliphatic carbocycles. The molecule has 1 saturated heterocycles. The molecule has 6 aliphatic rings. The van der Waals surface area contributed by atoms with E-state index in [0.717, 1.165) is 90.8 Å². The summed E-state index contributed by atoms with van der Waals surface area (Å²) >= 11 is 7.60. The molecule has 0 unspecified atom stereocenters. The van der Waals surface area contributed by atoms with Crippen LogP contribution in [0.1, 0.15) is 78.6 Å². The molecule has 5 fully saturated rings. The Labute approximate surface area is 213 Å². The Morgan fingerprint density at radius 1 is 0.941 bits per heavy atom. The van der Waals surface area contributed by atoms with Gasteiger partial charge in [-0.15, -0.1) is 11.3 Å². The van der Waals surface area contributed by atoms with E-state index in [2.05, 4.69) is 15.1 Å². The van der Waals surface area contributed by atoms with Gasteiger partial charge in [0.05, 0.1) is 12.7 Å². The van der Waals surface area contributed by atoms with Crippen LogP contribution in [0.2, 0.25) is 0 Å². The Balaban J connectivity index is 1.12. The van der Waals surface area contributed by atoms with Crippen molar-refractivity contribution >= 4 is 39.6 Å². The summed E-state index contributed by atoms with van der Waals surface area (Å²) in [6, 6.07) is 0.819. The number of rotatable bonds is 3. The predicted octanol–water partition coefficient (Wildman–Crippen LogP) is 5.33. The highest BCUT2D eigenvalue weighted by atomic mass is 32.1. The van der Waals surface area contributed by atoms with Gasteiger partial charge < -0.3 is 15.0 Å². The molecular weight excluding hydrogens is 462 g/mol. The van der Waals surface area contributed by atoms with Crippen LogP contribution in [0.3, 0.4) is 0 Å². The normalized spacial score (nSPS) is 33.2. The van der Waals surface area contributed by atoms with E-state index in [1.807, 2.05) is 0 Å². The first-order valence-corrected chi connectivity index (χ1v) is 14.9. The maximum atomic E-state index is 12.7. The Hall–Kier alpha value is -1.18. The number of methoxy groups -OCH3 is 1. The van der Waals surface area contributed by atoms with Crippen LogP contribution in [-0.4, -0.2) is 60.2 Å². The molecule has 1 aromatic rings. The zero-order chi connectivity index (χ0) is 23.2. The monoisotopic (exact) mass is 501 g/mol. The first kappa shape index (κ1) is 23.2. The van der Waals surface area contributed by atoms with Crippen LogP contribution in [-0.2, 0) is 17.6 Å². The Kier molecular flexibility index (Phi) is 6.63. The summed E-state index contributed by atoms with van der Waals surface area (Å²) < 4.78 is 5.19. The molecule has 7 heteroatoms. The first-order valence-electron chi connectivity index (χ1n) is 13.6. The van der Waals surface area contributed by atoms with Crippen molar-refractivity contribution in [2.24, 2.45) is 23.7 Å². The van der Waals surface area contributed by atoms with Crippen molar-refractivity contribution in [2.45, 2.75) is 76.7 Å². The molecule has 2 heterocycles. The van der Waals surface area contributed by atoms with Gasteiger partial charge in [-0.3, -0.25) is 4.90 Å². The van der Waals surface area contributed by atoms with Crippen LogP contribution >= 0.6 is 23.6 Å². The average molecular weight is 502 g/mol. The Morgan fingerprint density at radius 2 is 1.59 bits per heavy atom. The second kappa shape index (κ2) is 9.70. The fraction of sp³-hybridized carbons (Fsp3) is 0.778. The van der Waals surface area contributed by atoms with Crippen molar-refractivity contribution in [2.75, 3.05) is 38.6 Å². The van der Waals surface area contributed by atoms with Gasteiger partial charge in [-0.1, -0.05) is 12.8 Å². The van der Waals surface area contributed by atoms with Gasteiger partial charge in [0.2, 0.25) is 0 Å². The molecule has 4 saturated carbocycles. The number of thiophene rings is 1. The molecule has 0 aromatic carbocycles. The molecule has 5 nitrogen and oxygen atoms in total. The minimum atomic E-state index is -0.227. The lowest BCUT2D eigenvalue weighted by Crippen LogP contribution is -2.60. The van der Waals surface area contributed by atoms with E-state index in [1.54, 1.807) is 11.3 Å². The summed E-state index contributed by atoms with van der Waals surface area (Å²) in [6.45, 7) is 4.18. The number of anilines is 1. The van der Waals surface area contributed by atoms with Crippen molar-refractivity contribution in [1.82, 2.24) is 9.80 Å². The highest BCUT2D eigenvalue weighted by molar-refractivity contribution is 7.80. The van der Waals surface area contributed by atoms with E-state index in [1.165, 1.54) is 68.9 Å². The highest BCUT2D eigenvalue weighted by Gasteiger charge is 2.50. The van der Waals surface area contributed by atoms with E-state index < -0.39 is 0 Å². The molecule has 0 amide bonds. The van der Waals surface area contributed by atoms with Crippen molar-refractivity contribution in [3.8, 4) is 0 Å². The summed E-state index contributed by atoms with van der Waals surface area (Å²) in [5, 5.41) is 5.16. The first-order chi connectivity index (χ1) is 16.6. The smallest absolute Gasteiger partial charge is 0.341 e. The number of hydrogen-bond acceptors (Lipinski definition) is 5. The number of piperazine rings is 1. The second-order valence-electron chi connectivity index (χ2n) is 11.5. The molecule has 1 N–H and O–H groups in total. The molecular formula is C27H39N3O2S2. The van der Waals surface area contributed by atoms with Gasteiger partial charge in [-0.25, -0.2) is 4.79 Å². The number of nitrogens with one attached hydrogen (secondary N) is 1. The third-order valence-corrected chi connectivity index (χ3v) is 11.0. The van der Waals surface area contributed by atoms with E-state index in [-0.39, 0.29) is 5.97 Å². The van der Waals surface area contributed by atoms with Crippen molar-refractivity contribution in [1.29, 1.82) is 0 Å². The van der Waals surface area contributed by atoms with Crippen LogP contribution in [0, 0.1) is 23.7 Å². The van der Waals surface area contributed by atoms with Crippen LogP contribution in [0.25, 0.3) is 0 Å². The number of carbonyl (C=O) groups is 1. The van der Waals surface area contributed by atoms with E-state index in [0.29, 0.717) is 0 Å². The molecule has 0 radical (unpaired) electrons. The van der Waals surface area contributed by atoms with Gasteiger partial charge >= 0.3 is 5.97 Å². The van der Waals surface area contributed by atoms with Gasteiger partial charge in [0, 0.05) is 37.1 Å². The molecule has 186 valence electrons. The molecule has 0 spiro atoms. The van der Waals surface area contributed by atoms with Crippen LogP contribution < -0.4 is 5.32 Å². The van der Waals surface area contributed by atoms with Crippen molar-refractivity contribution in [3.63, 3.8) is 0 Å². The quantitative estimate of drug-likeness (QED) is 0.446. The van der Waals surface area contributed by atoms with Gasteiger partial charge in [0.25, 0.3) is 0 Å². The fourth-order valence-electron chi connectivity index (χ4n) is 8.22. The number of ether oxygens (including phenoxy) is 1. The lowest BCUT2D eigenvalue weighted by Gasteiger charge is -2.58. The highest BCUT2D eigenvalue weighted by Crippen LogP contribution is 2.55. The average Bonchev–Trinajstić information content (AvgIpc) is 3.14. The molecule has 1 aliphatic heterocycles. The third kappa shape index (κ3) is 4.30. The van der Waals surface area contributed by atoms with Gasteiger partial charge in [-0.05, 0) is 99.2 Å². The van der Waals surface area contributed by atoms with Crippen LogP contribution in [0.5, 0.6) is 0 Å². The number of nitrogens with zero attached hydrogens (tertiary/aromatic N) is 2. The van der Waals surface area contributed by atoms with E-state index in [9.17, 15) is 4.79 Å². The second-order valence-corrected chi connectivity index (χ2v) is 13.0. The van der Waals surface area contributed by atoms with Crippen molar-refractivity contribution < 1.29 is 9.53 Å². The minimum absolute atomic E-state index is 0.227. The SMILES string of the molecule is COC(=O)c1c(NC(=S)N2CCN(C3C4CC5CC(C4)CC3C5)CC2)sc2c1CCCCCC2. The predicted molar refractivity (Wildman–Crippen MR) is 142 cm³/mol.